The normalized spacial score (nSPS) is 12.2. The second-order valence-electron chi connectivity index (χ2n) is 10.3. The SMILES string of the molecule is COc1cc(CC(C)(C)C)ccc1OCCC(C)(C)Cc1cccc2ccccc12. The zero-order valence-electron chi connectivity index (χ0n) is 19.4. The second kappa shape index (κ2) is 9.12. The van der Waals surface area contributed by atoms with Crippen LogP contribution in [0.5, 0.6) is 11.5 Å². The Labute approximate surface area is 182 Å². The van der Waals surface area contributed by atoms with Crippen molar-refractivity contribution < 1.29 is 9.47 Å². The summed E-state index contributed by atoms with van der Waals surface area (Å²) in [5.41, 5.74) is 3.08. The fraction of sp³-hybridized carbons (Fsp3) is 0.429. The van der Waals surface area contributed by atoms with Crippen molar-refractivity contribution in [2.24, 2.45) is 10.8 Å². The lowest BCUT2D eigenvalue weighted by Crippen LogP contribution is -2.19. The molecular weight excluding hydrogens is 368 g/mol. The fourth-order valence-electron chi connectivity index (χ4n) is 4.04. The van der Waals surface area contributed by atoms with Crippen molar-refractivity contribution in [2.45, 2.75) is 53.9 Å². The van der Waals surface area contributed by atoms with Crippen molar-refractivity contribution in [2.75, 3.05) is 13.7 Å². The van der Waals surface area contributed by atoms with Crippen LogP contribution in [-0.2, 0) is 12.8 Å². The van der Waals surface area contributed by atoms with Crippen molar-refractivity contribution in [3.63, 3.8) is 0 Å². The Morgan fingerprint density at radius 3 is 2.23 bits per heavy atom. The van der Waals surface area contributed by atoms with Crippen LogP contribution in [0.3, 0.4) is 0 Å². The number of benzene rings is 3. The van der Waals surface area contributed by atoms with E-state index in [1.807, 2.05) is 0 Å². The van der Waals surface area contributed by atoms with Crippen LogP contribution < -0.4 is 9.47 Å². The third-order valence-electron chi connectivity index (χ3n) is 5.55. The van der Waals surface area contributed by atoms with Gasteiger partial charge in [0.15, 0.2) is 11.5 Å². The molecule has 0 saturated heterocycles. The molecule has 0 saturated carbocycles. The third-order valence-corrected chi connectivity index (χ3v) is 5.55. The van der Waals surface area contributed by atoms with Crippen molar-refractivity contribution >= 4 is 10.8 Å². The molecule has 0 unspecified atom stereocenters. The molecule has 0 spiro atoms. The largest absolute Gasteiger partial charge is 0.493 e. The van der Waals surface area contributed by atoms with E-state index in [1.54, 1.807) is 7.11 Å². The molecule has 0 aliphatic heterocycles. The quantitative estimate of drug-likeness (QED) is 0.387. The Bertz CT molecular complexity index is 974. The topological polar surface area (TPSA) is 18.5 Å². The summed E-state index contributed by atoms with van der Waals surface area (Å²) in [6.45, 7) is 12.1. The van der Waals surface area contributed by atoms with Gasteiger partial charge in [0.25, 0.3) is 0 Å². The Morgan fingerprint density at radius 1 is 0.767 bits per heavy atom. The van der Waals surface area contributed by atoms with Crippen molar-refractivity contribution in [3.8, 4) is 11.5 Å². The molecule has 0 fully saturated rings. The van der Waals surface area contributed by atoms with E-state index in [1.165, 1.54) is 21.9 Å². The van der Waals surface area contributed by atoms with Gasteiger partial charge in [-0.05, 0) is 64.1 Å². The predicted molar refractivity (Wildman–Crippen MR) is 128 cm³/mol. The van der Waals surface area contributed by atoms with Gasteiger partial charge in [-0.2, -0.15) is 0 Å². The summed E-state index contributed by atoms with van der Waals surface area (Å²) < 4.78 is 11.8. The first-order valence-corrected chi connectivity index (χ1v) is 10.9. The van der Waals surface area contributed by atoms with Gasteiger partial charge in [0.1, 0.15) is 0 Å². The van der Waals surface area contributed by atoms with Gasteiger partial charge >= 0.3 is 0 Å². The molecule has 2 nitrogen and oxygen atoms in total. The maximum absolute atomic E-state index is 6.15. The van der Waals surface area contributed by atoms with Gasteiger partial charge in [0, 0.05) is 0 Å². The van der Waals surface area contributed by atoms with Crippen LogP contribution in [0.15, 0.2) is 60.7 Å². The highest BCUT2D eigenvalue weighted by Crippen LogP contribution is 2.33. The van der Waals surface area contributed by atoms with Crippen LogP contribution in [0.4, 0.5) is 0 Å². The summed E-state index contributed by atoms with van der Waals surface area (Å²) in [6, 6.07) is 21.6. The number of hydrogen-bond donors (Lipinski definition) is 0. The van der Waals surface area contributed by atoms with Crippen LogP contribution in [0, 0.1) is 10.8 Å². The first-order chi connectivity index (χ1) is 14.2. The van der Waals surface area contributed by atoms with Gasteiger partial charge in [-0.1, -0.05) is 83.1 Å². The average Bonchev–Trinajstić information content (AvgIpc) is 2.67. The molecule has 0 bridgehead atoms. The van der Waals surface area contributed by atoms with E-state index in [-0.39, 0.29) is 10.8 Å². The molecule has 3 rings (SSSR count). The van der Waals surface area contributed by atoms with Gasteiger partial charge in [0.05, 0.1) is 13.7 Å². The fourth-order valence-corrected chi connectivity index (χ4v) is 4.04. The Hall–Kier alpha value is -2.48. The van der Waals surface area contributed by atoms with Crippen molar-refractivity contribution in [3.05, 3.63) is 71.8 Å². The Kier molecular flexibility index (Phi) is 6.75. The van der Waals surface area contributed by atoms with Crippen LogP contribution >= 0.6 is 0 Å². The maximum atomic E-state index is 6.15. The molecule has 0 atom stereocenters. The zero-order valence-corrected chi connectivity index (χ0v) is 19.4. The molecule has 3 aromatic carbocycles. The monoisotopic (exact) mass is 404 g/mol. The predicted octanol–water partition coefficient (Wildman–Crippen LogP) is 7.47. The lowest BCUT2D eigenvalue weighted by atomic mass is 9.81. The summed E-state index contributed by atoms with van der Waals surface area (Å²) in [5.74, 6) is 1.65. The van der Waals surface area contributed by atoms with E-state index >= 15 is 0 Å². The molecule has 3 aromatic rings. The number of fused-ring (bicyclic) bond motifs is 1. The molecule has 0 aliphatic carbocycles. The average molecular weight is 405 g/mol. The standard InChI is InChI=1S/C28H36O2/c1-27(2,3)19-21-14-15-25(26(18-21)29-6)30-17-16-28(4,5)20-23-12-9-11-22-10-7-8-13-24(22)23/h7-15,18H,16-17,19-20H2,1-6H3. The van der Waals surface area contributed by atoms with Gasteiger partial charge in [-0.15, -0.1) is 0 Å². The van der Waals surface area contributed by atoms with Gasteiger partial charge in [-0.25, -0.2) is 0 Å². The minimum absolute atomic E-state index is 0.142. The molecule has 0 radical (unpaired) electrons. The summed E-state index contributed by atoms with van der Waals surface area (Å²) in [4.78, 5) is 0. The van der Waals surface area contributed by atoms with Crippen molar-refractivity contribution in [1.82, 2.24) is 0 Å². The molecule has 0 N–H and O–H groups in total. The molecule has 0 amide bonds. The van der Waals surface area contributed by atoms with E-state index in [0.29, 0.717) is 6.61 Å². The van der Waals surface area contributed by atoms with Crippen molar-refractivity contribution in [1.29, 1.82) is 0 Å². The minimum Gasteiger partial charge on any atom is -0.493 e. The molecular formula is C28H36O2. The molecule has 0 heterocycles. The van der Waals surface area contributed by atoms with E-state index < -0.39 is 0 Å². The highest BCUT2D eigenvalue weighted by Gasteiger charge is 2.20. The highest BCUT2D eigenvalue weighted by atomic mass is 16.5. The molecule has 2 heteroatoms. The Balaban J connectivity index is 1.63. The van der Waals surface area contributed by atoms with E-state index in [0.717, 1.165) is 30.8 Å². The molecule has 0 aliphatic rings. The van der Waals surface area contributed by atoms with Crippen LogP contribution in [-0.4, -0.2) is 13.7 Å². The number of hydrogen-bond acceptors (Lipinski definition) is 2. The second-order valence-corrected chi connectivity index (χ2v) is 10.3. The van der Waals surface area contributed by atoms with E-state index in [2.05, 4.69) is 95.3 Å². The number of ether oxygens (including phenoxy) is 2. The zero-order chi connectivity index (χ0) is 21.8. The maximum Gasteiger partial charge on any atom is 0.161 e. The summed E-state index contributed by atoms with van der Waals surface area (Å²) in [6.07, 6.45) is 3.02. The lowest BCUT2D eigenvalue weighted by molar-refractivity contribution is 0.220. The first-order valence-electron chi connectivity index (χ1n) is 10.9. The summed E-state index contributed by atoms with van der Waals surface area (Å²) in [7, 11) is 1.72. The van der Waals surface area contributed by atoms with Crippen LogP contribution in [0.25, 0.3) is 10.8 Å². The van der Waals surface area contributed by atoms with Gasteiger partial charge in [-0.3, -0.25) is 0 Å². The molecule has 30 heavy (non-hydrogen) atoms. The molecule has 160 valence electrons. The van der Waals surface area contributed by atoms with Crippen LogP contribution in [0.2, 0.25) is 0 Å². The van der Waals surface area contributed by atoms with Crippen LogP contribution in [0.1, 0.15) is 52.2 Å². The smallest absolute Gasteiger partial charge is 0.161 e. The summed E-state index contributed by atoms with van der Waals surface area (Å²) in [5, 5.41) is 2.66. The first kappa shape index (κ1) is 22.2. The number of rotatable bonds is 8. The number of methoxy groups -OCH3 is 1. The summed E-state index contributed by atoms with van der Waals surface area (Å²) >= 11 is 0. The molecule has 0 aromatic heterocycles. The van der Waals surface area contributed by atoms with E-state index in [9.17, 15) is 0 Å². The third kappa shape index (κ3) is 6.01. The minimum atomic E-state index is 0.142. The lowest BCUT2D eigenvalue weighted by Gasteiger charge is -2.26. The highest BCUT2D eigenvalue weighted by molar-refractivity contribution is 5.85. The van der Waals surface area contributed by atoms with Gasteiger partial charge < -0.3 is 9.47 Å². The Morgan fingerprint density at radius 2 is 1.50 bits per heavy atom. The van der Waals surface area contributed by atoms with E-state index in [4.69, 9.17) is 9.47 Å². The van der Waals surface area contributed by atoms with Gasteiger partial charge in [0.2, 0.25) is 0 Å².